The van der Waals surface area contributed by atoms with Crippen LogP contribution in [0.25, 0.3) is 0 Å². The van der Waals surface area contributed by atoms with E-state index in [0.29, 0.717) is 31.9 Å². The molecule has 0 saturated carbocycles. The molecule has 1 aromatic carbocycles. The van der Waals surface area contributed by atoms with Gasteiger partial charge in [-0.2, -0.15) is 0 Å². The number of furan rings is 1. The van der Waals surface area contributed by atoms with Crippen molar-refractivity contribution in [3.05, 3.63) is 48.4 Å². The van der Waals surface area contributed by atoms with Gasteiger partial charge in [-0.05, 0) is 36.4 Å². The van der Waals surface area contributed by atoms with Gasteiger partial charge in [0.05, 0.1) is 6.26 Å². The quantitative estimate of drug-likeness (QED) is 0.497. The summed E-state index contributed by atoms with van der Waals surface area (Å²) in [5.74, 6) is 0.206. The third-order valence-electron chi connectivity index (χ3n) is 3.77. The number of nitrogens with one attached hydrogen (secondary N) is 1. The van der Waals surface area contributed by atoms with E-state index >= 15 is 0 Å². The largest absolute Gasteiger partial charge is 1.00 e. The molecule has 1 aromatic heterocycles. The number of hydrogen-bond acceptors (Lipinski definition) is 6. The predicted molar refractivity (Wildman–Crippen MR) is 86.6 cm³/mol. The number of carbonyl (C=O) groups is 1. The van der Waals surface area contributed by atoms with Crippen molar-refractivity contribution in [2.24, 2.45) is 0 Å². The van der Waals surface area contributed by atoms with E-state index in [0.717, 1.165) is 5.69 Å². The maximum Gasteiger partial charge on any atom is 1.00 e. The van der Waals surface area contributed by atoms with Gasteiger partial charge in [-0.15, -0.1) is 0 Å². The van der Waals surface area contributed by atoms with Gasteiger partial charge in [-0.3, -0.25) is 9.52 Å². The molecule has 8 nitrogen and oxygen atoms in total. The van der Waals surface area contributed by atoms with E-state index in [1.54, 1.807) is 29.2 Å². The summed E-state index contributed by atoms with van der Waals surface area (Å²) in [6, 6.07) is 9.86. The van der Waals surface area contributed by atoms with Crippen LogP contribution < -0.4 is 39.2 Å². The molecular formula is C15H16N3NaO5S. The van der Waals surface area contributed by atoms with Crippen LogP contribution >= 0.6 is 0 Å². The maximum absolute atomic E-state index is 12.2. The molecule has 0 aliphatic carbocycles. The molecule has 3 rings (SSSR count). The van der Waals surface area contributed by atoms with Crippen LogP contribution in [-0.2, 0) is 10.3 Å². The van der Waals surface area contributed by atoms with Gasteiger partial charge in [0.1, 0.15) is 0 Å². The standard InChI is InChI=1S/C15H17N3O5S.Na/c19-15(14-2-1-11-23-14)18-9-7-17(8-10-18)13-5-3-12(4-6-13)16-24(20,21)22;/h1-6,11,16H,7-10H2,(H,20,21,22);/q;+1/p-1. The normalized spacial score (nSPS) is 14.8. The third kappa shape index (κ3) is 5.23. The number of rotatable bonds is 4. The molecule has 1 N–H and O–H groups in total. The van der Waals surface area contributed by atoms with Crippen molar-refractivity contribution in [3.8, 4) is 0 Å². The Morgan fingerprint density at radius 3 is 2.24 bits per heavy atom. The van der Waals surface area contributed by atoms with Crippen molar-refractivity contribution in [1.82, 2.24) is 4.90 Å². The van der Waals surface area contributed by atoms with Gasteiger partial charge in [0.15, 0.2) is 16.1 Å². The Hall–Kier alpha value is -1.52. The van der Waals surface area contributed by atoms with Gasteiger partial charge >= 0.3 is 29.6 Å². The molecule has 1 aliphatic rings. The van der Waals surface area contributed by atoms with Gasteiger partial charge in [0, 0.05) is 37.6 Å². The number of nitrogens with zero attached hydrogens (tertiary/aromatic N) is 2. The molecule has 0 bridgehead atoms. The van der Waals surface area contributed by atoms with E-state index in [4.69, 9.17) is 4.42 Å². The molecular weight excluding hydrogens is 357 g/mol. The summed E-state index contributed by atoms with van der Waals surface area (Å²) in [5, 5.41) is 0. The first-order chi connectivity index (χ1) is 11.4. The minimum atomic E-state index is -4.52. The molecule has 0 atom stereocenters. The Balaban J connectivity index is 0.00000225. The van der Waals surface area contributed by atoms with Gasteiger partial charge in [0.25, 0.3) is 5.91 Å². The zero-order valence-electron chi connectivity index (χ0n) is 13.7. The van der Waals surface area contributed by atoms with Crippen LogP contribution in [0.15, 0.2) is 47.1 Å². The Morgan fingerprint density at radius 2 is 1.72 bits per heavy atom. The number of amides is 1. The van der Waals surface area contributed by atoms with Crippen LogP contribution in [0.2, 0.25) is 0 Å². The summed E-state index contributed by atoms with van der Waals surface area (Å²) in [6.07, 6.45) is 1.47. The molecule has 1 amide bonds. The summed E-state index contributed by atoms with van der Waals surface area (Å²) in [5.41, 5.74) is 1.12. The van der Waals surface area contributed by atoms with Crippen LogP contribution in [0.1, 0.15) is 10.6 Å². The van der Waals surface area contributed by atoms with E-state index in [1.165, 1.54) is 18.4 Å². The molecule has 25 heavy (non-hydrogen) atoms. The molecule has 2 aromatic rings. The average Bonchev–Trinajstić information content (AvgIpc) is 3.08. The van der Waals surface area contributed by atoms with Gasteiger partial charge < -0.3 is 18.8 Å². The number of benzene rings is 1. The Bertz CT molecular complexity index is 800. The molecule has 1 aliphatic heterocycles. The fourth-order valence-electron chi connectivity index (χ4n) is 2.61. The average molecular weight is 373 g/mol. The minimum Gasteiger partial charge on any atom is -0.731 e. The van der Waals surface area contributed by atoms with E-state index in [1.807, 2.05) is 4.72 Å². The number of piperazine rings is 1. The molecule has 1 saturated heterocycles. The Kier molecular flexibility index (Phi) is 6.53. The minimum absolute atomic E-state index is 0. The first kappa shape index (κ1) is 19.8. The molecule has 2 heterocycles. The summed E-state index contributed by atoms with van der Waals surface area (Å²) >= 11 is 0. The number of anilines is 2. The second-order valence-electron chi connectivity index (χ2n) is 5.36. The first-order valence-corrected chi connectivity index (χ1v) is 8.75. The van der Waals surface area contributed by atoms with Crippen LogP contribution in [-0.4, -0.2) is 50.0 Å². The molecule has 0 radical (unpaired) electrons. The first-order valence-electron chi connectivity index (χ1n) is 7.34. The molecule has 1 fully saturated rings. The van der Waals surface area contributed by atoms with E-state index in [9.17, 15) is 17.8 Å². The van der Waals surface area contributed by atoms with Crippen LogP contribution in [0, 0.1) is 0 Å². The summed E-state index contributed by atoms with van der Waals surface area (Å²) < 4.78 is 39.0. The molecule has 10 heteroatoms. The third-order valence-corrected chi connectivity index (χ3v) is 4.26. The SMILES string of the molecule is O=C(c1ccco1)N1CCN(c2ccc(NS(=O)(=O)[O-])cc2)CC1.[Na+]. The molecule has 128 valence electrons. The van der Waals surface area contributed by atoms with Gasteiger partial charge in [0.2, 0.25) is 0 Å². The second kappa shape index (κ2) is 8.24. The van der Waals surface area contributed by atoms with Crippen molar-refractivity contribution in [2.75, 3.05) is 35.8 Å². The van der Waals surface area contributed by atoms with Crippen molar-refractivity contribution in [3.63, 3.8) is 0 Å². The Labute approximate surface area is 168 Å². The van der Waals surface area contributed by atoms with Gasteiger partial charge in [-0.25, -0.2) is 8.42 Å². The maximum atomic E-state index is 12.2. The second-order valence-corrected chi connectivity index (χ2v) is 6.47. The van der Waals surface area contributed by atoms with E-state index < -0.39 is 10.3 Å². The van der Waals surface area contributed by atoms with Crippen molar-refractivity contribution in [2.45, 2.75) is 0 Å². The summed E-state index contributed by atoms with van der Waals surface area (Å²) in [7, 11) is -4.52. The zero-order valence-corrected chi connectivity index (χ0v) is 16.5. The fraction of sp³-hybridized carbons (Fsp3) is 0.267. The van der Waals surface area contributed by atoms with Crippen molar-refractivity contribution < 1.29 is 51.7 Å². The van der Waals surface area contributed by atoms with Gasteiger partial charge in [-0.1, -0.05) is 0 Å². The number of hydrogen-bond donors (Lipinski definition) is 1. The van der Waals surface area contributed by atoms with Crippen LogP contribution in [0.5, 0.6) is 0 Å². The smallest absolute Gasteiger partial charge is 0.731 e. The monoisotopic (exact) mass is 373 g/mol. The summed E-state index contributed by atoms with van der Waals surface area (Å²) in [4.78, 5) is 16.0. The molecule has 0 spiro atoms. The Morgan fingerprint density at radius 1 is 1.08 bits per heavy atom. The van der Waals surface area contributed by atoms with Crippen LogP contribution in [0.3, 0.4) is 0 Å². The van der Waals surface area contributed by atoms with Crippen molar-refractivity contribution in [1.29, 1.82) is 0 Å². The predicted octanol–water partition coefficient (Wildman–Crippen LogP) is -1.88. The van der Waals surface area contributed by atoms with Crippen molar-refractivity contribution >= 4 is 27.6 Å². The van der Waals surface area contributed by atoms with E-state index in [2.05, 4.69) is 4.90 Å². The summed E-state index contributed by atoms with van der Waals surface area (Å²) in [6.45, 7) is 2.43. The van der Waals surface area contributed by atoms with E-state index in [-0.39, 0.29) is 41.2 Å². The fourth-order valence-corrected chi connectivity index (χ4v) is 3.03. The number of carbonyl (C=O) groups excluding carboxylic acids is 1. The van der Waals surface area contributed by atoms with Crippen LogP contribution in [0.4, 0.5) is 11.4 Å². The molecule has 0 unspecified atom stereocenters. The zero-order chi connectivity index (χ0) is 17.2. The topological polar surface area (TPSA) is 106 Å².